The van der Waals surface area contributed by atoms with E-state index < -0.39 is 0 Å². The average Bonchev–Trinajstić information content (AvgIpc) is 2.88. The van der Waals surface area contributed by atoms with E-state index in [4.69, 9.17) is 31.5 Å². The molecule has 2 aliphatic heterocycles. The highest BCUT2D eigenvalue weighted by molar-refractivity contribution is 6.30. The summed E-state index contributed by atoms with van der Waals surface area (Å²) in [7, 11) is 0. The van der Waals surface area contributed by atoms with E-state index in [1.165, 1.54) is 0 Å². The minimum absolute atomic E-state index is 0.109. The first-order valence-corrected chi connectivity index (χ1v) is 7.89. The highest BCUT2D eigenvalue weighted by atomic mass is 35.5. The number of rotatable bonds is 3. The summed E-state index contributed by atoms with van der Waals surface area (Å²) in [6.45, 7) is 4.11. The van der Waals surface area contributed by atoms with Gasteiger partial charge in [0.15, 0.2) is 0 Å². The van der Waals surface area contributed by atoms with Gasteiger partial charge in [0, 0.05) is 42.5 Å². The summed E-state index contributed by atoms with van der Waals surface area (Å²) in [6.07, 6.45) is 2.85. The summed E-state index contributed by atoms with van der Waals surface area (Å²) in [5.41, 5.74) is 6.82. The van der Waals surface area contributed by atoms with Gasteiger partial charge in [0.1, 0.15) is 11.9 Å². The predicted octanol–water partition coefficient (Wildman–Crippen LogP) is 3.08. The maximum Gasteiger partial charge on any atom is 0.124 e. The van der Waals surface area contributed by atoms with Crippen molar-refractivity contribution in [2.24, 2.45) is 5.73 Å². The molecule has 0 radical (unpaired) electrons. The highest BCUT2D eigenvalue weighted by Gasteiger charge is 2.41. The SMILES string of the molecule is C[C@H](N)c1cc(Cl)ccc1OC1CCOC2(CCOC2)C1. The van der Waals surface area contributed by atoms with Crippen molar-refractivity contribution in [1.29, 1.82) is 0 Å². The van der Waals surface area contributed by atoms with Gasteiger partial charge in [0.05, 0.1) is 18.8 Å². The van der Waals surface area contributed by atoms with Gasteiger partial charge in [0.2, 0.25) is 0 Å². The van der Waals surface area contributed by atoms with Crippen molar-refractivity contribution in [3.05, 3.63) is 28.8 Å². The third-order valence-corrected chi connectivity index (χ3v) is 4.51. The van der Waals surface area contributed by atoms with E-state index in [0.29, 0.717) is 11.6 Å². The lowest BCUT2D eigenvalue weighted by atomic mass is 9.91. The van der Waals surface area contributed by atoms with Crippen molar-refractivity contribution >= 4 is 11.6 Å². The van der Waals surface area contributed by atoms with Crippen LogP contribution in [-0.4, -0.2) is 31.5 Å². The second-order valence-electron chi connectivity index (χ2n) is 6.04. The van der Waals surface area contributed by atoms with Crippen LogP contribution in [0.5, 0.6) is 5.75 Å². The van der Waals surface area contributed by atoms with Crippen LogP contribution in [0.25, 0.3) is 0 Å². The highest BCUT2D eigenvalue weighted by Crippen LogP contribution is 2.36. The van der Waals surface area contributed by atoms with Crippen molar-refractivity contribution in [2.75, 3.05) is 19.8 Å². The number of hydrogen-bond donors (Lipinski definition) is 1. The van der Waals surface area contributed by atoms with E-state index in [1.807, 2.05) is 25.1 Å². The van der Waals surface area contributed by atoms with Crippen LogP contribution < -0.4 is 10.5 Å². The van der Waals surface area contributed by atoms with Crippen LogP contribution in [0.15, 0.2) is 18.2 Å². The molecule has 2 heterocycles. The Kier molecular flexibility index (Phi) is 4.41. The summed E-state index contributed by atoms with van der Waals surface area (Å²) in [5, 5.41) is 0.683. The lowest BCUT2D eigenvalue weighted by Crippen LogP contribution is -2.44. The Morgan fingerprint density at radius 1 is 1.43 bits per heavy atom. The first-order valence-electron chi connectivity index (χ1n) is 7.51. The molecular formula is C16H22ClNO3. The van der Waals surface area contributed by atoms with Crippen molar-refractivity contribution in [3.8, 4) is 5.75 Å². The normalized spacial score (nSPS) is 30.5. The third kappa shape index (κ3) is 3.34. The Bertz CT molecular complexity index is 500. The zero-order valence-corrected chi connectivity index (χ0v) is 13.1. The molecular weight excluding hydrogens is 290 g/mol. The lowest BCUT2D eigenvalue weighted by Gasteiger charge is -2.37. The van der Waals surface area contributed by atoms with E-state index >= 15 is 0 Å². The van der Waals surface area contributed by atoms with Crippen LogP contribution in [0, 0.1) is 0 Å². The largest absolute Gasteiger partial charge is 0.490 e. The van der Waals surface area contributed by atoms with Crippen LogP contribution in [-0.2, 0) is 9.47 Å². The molecule has 4 nitrogen and oxygen atoms in total. The fourth-order valence-electron chi connectivity index (χ4n) is 3.11. The van der Waals surface area contributed by atoms with Gasteiger partial charge in [-0.3, -0.25) is 0 Å². The van der Waals surface area contributed by atoms with E-state index in [9.17, 15) is 0 Å². The van der Waals surface area contributed by atoms with Crippen LogP contribution in [0.4, 0.5) is 0 Å². The fraction of sp³-hybridized carbons (Fsp3) is 0.625. The van der Waals surface area contributed by atoms with E-state index in [2.05, 4.69) is 0 Å². The van der Waals surface area contributed by atoms with Gasteiger partial charge in [-0.25, -0.2) is 0 Å². The molecule has 2 fully saturated rings. The number of nitrogens with two attached hydrogens (primary N) is 1. The summed E-state index contributed by atoms with van der Waals surface area (Å²) >= 11 is 6.05. The summed E-state index contributed by atoms with van der Waals surface area (Å²) in [4.78, 5) is 0. The first-order chi connectivity index (χ1) is 10.1. The van der Waals surface area contributed by atoms with Gasteiger partial charge < -0.3 is 19.9 Å². The predicted molar refractivity (Wildman–Crippen MR) is 81.8 cm³/mol. The Labute approximate surface area is 130 Å². The number of halogens is 1. The molecule has 0 aromatic heterocycles. The third-order valence-electron chi connectivity index (χ3n) is 4.27. The van der Waals surface area contributed by atoms with Crippen molar-refractivity contribution < 1.29 is 14.2 Å². The summed E-state index contributed by atoms with van der Waals surface area (Å²) < 4.78 is 17.7. The maximum absolute atomic E-state index is 6.22. The molecule has 2 N–H and O–H groups in total. The van der Waals surface area contributed by atoms with Crippen LogP contribution in [0.3, 0.4) is 0 Å². The molecule has 116 valence electrons. The van der Waals surface area contributed by atoms with Gasteiger partial charge in [-0.2, -0.15) is 0 Å². The molecule has 1 aromatic rings. The van der Waals surface area contributed by atoms with Crippen LogP contribution in [0.1, 0.15) is 37.8 Å². The molecule has 0 saturated carbocycles. The van der Waals surface area contributed by atoms with Gasteiger partial charge in [-0.05, 0) is 25.1 Å². The molecule has 5 heteroatoms. The number of ether oxygens (including phenoxy) is 3. The molecule has 21 heavy (non-hydrogen) atoms. The topological polar surface area (TPSA) is 53.7 Å². The smallest absolute Gasteiger partial charge is 0.124 e. The quantitative estimate of drug-likeness (QED) is 0.932. The van der Waals surface area contributed by atoms with Gasteiger partial charge in [-0.15, -0.1) is 0 Å². The molecule has 2 aliphatic rings. The fourth-order valence-corrected chi connectivity index (χ4v) is 3.29. The standard InChI is InChI=1S/C16H22ClNO3/c1-11(18)14-8-12(17)2-3-15(14)21-13-4-6-20-16(9-13)5-7-19-10-16/h2-3,8,11,13H,4-7,9-10,18H2,1H3/t11-,13?,16?/m0/s1. The van der Waals surface area contributed by atoms with Crippen molar-refractivity contribution in [1.82, 2.24) is 0 Å². The van der Waals surface area contributed by atoms with Crippen LogP contribution in [0.2, 0.25) is 5.02 Å². The lowest BCUT2D eigenvalue weighted by molar-refractivity contribution is -0.112. The van der Waals surface area contributed by atoms with Crippen LogP contribution >= 0.6 is 11.6 Å². The number of benzene rings is 1. The van der Waals surface area contributed by atoms with Gasteiger partial charge in [-0.1, -0.05) is 11.6 Å². The Hall–Kier alpha value is -0.810. The minimum Gasteiger partial charge on any atom is -0.490 e. The Balaban J connectivity index is 1.74. The van der Waals surface area contributed by atoms with E-state index in [1.54, 1.807) is 0 Å². The molecule has 3 atom stereocenters. The second kappa shape index (κ2) is 6.13. The van der Waals surface area contributed by atoms with Crippen molar-refractivity contribution in [2.45, 2.75) is 43.9 Å². The molecule has 3 rings (SSSR count). The molecule has 1 spiro atoms. The molecule has 0 amide bonds. The summed E-state index contributed by atoms with van der Waals surface area (Å²) in [5.74, 6) is 0.829. The maximum atomic E-state index is 6.22. The monoisotopic (exact) mass is 311 g/mol. The molecule has 0 aliphatic carbocycles. The minimum atomic E-state index is -0.149. The summed E-state index contributed by atoms with van der Waals surface area (Å²) in [6, 6.07) is 5.53. The first kappa shape index (κ1) is 15.1. The van der Waals surface area contributed by atoms with Gasteiger partial charge >= 0.3 is 0 Å². The van der Waals surface area contributed by atoms with Crippen molar-refractivity contribution in [3.63, 3.8) is 0 Å². The second-order valence-corrected chi connectivity index (χ2v) is 6.47. The molecule has 2 saturated heterocycles. The Morgan fingerprint density at radius 3 is 3.00 bits per heavy atom. The van der Waals surface area contributed by atoms with Gasteiger partial charge in [0.25, 0.3) is 0 Å². The number of hydrogen-bond acceptors (Lipinski definition) is 4. The van der Waals surface area contributed by atoms with E-state index in [-0.39, 0.29) is 17.7 Å². The molecule has 1 aromatic carbocycles. The zero-order chi connectivity index (χ0) is 14.9. The van der Waals surface area contributed by atoms with E-state index in [0.717, 1.165) is 43.8 Å². The zero-order valence-electron chi connectivity index (χ0n) is 12.3. The average molecular weight is 312 g/mol. The Morgan fingerprint density at radius 2 is 2.29 bits per heavy atom. The molecule has 0 bridgehead atoms. The molecule has 2 unspecified atom stereocenters.